The molecule has 15 heavy (non-hydrogen) atoms. The van der Waals surface area contributed by atoms with Crippen molar-refractivity contribution in [3.8, 4) is 0 Å². The lowest BCUT2D eigenvalue weighted by Crippen LogP contribution is -2.16. The Morgan fingerprint density at radius 1 is 0.733 bits per heavy atom. The second-order valence-electron chi connectivity index (χ2n) is 4.27. The number of nitrogens with one attached hydrogen (secondary N) is 1. The van der Waals surface area contributed by atoms with Crippen molar-refractivity contribution in [3.05, 3.63) is 0 Å². The third-order valence-corrected chi connectivity index (χ3v) is 3.26. The lowest BCUT2D eigenvalue weighted by Gasteiger charge is -2.04. The Kier molecular flexibility index (Phi) is 14.9. The van der Waals surface area contributed by atoms with Crippen LogP contribution < -0.4 is 5.32 Å². The molecular weight excluding hydrogens is 250 g/mol. The van der Waals surface area contributed by atoms with Crippen molar-refractivity contribution in [2.24, 2.45) is 0 Å². The quantitative estimate of drug-likeness (QED) is 0.409. The first-order valence-electron chi connectivity index (χ1n) is 6.68. The van der Waals surface area contributed by atoms with E-state index in [2.05, 4.69) is 28.2 Å². The van der Waals surface area contributed by atoms with E-state index in [1.165, 1.54) is 70.9 Å². The number of rotatable bonds is 12. The van der Waals surface area contributed by atoms with Crippen LogP contribution in [0.2, 0.25) is 0 Å². The van der Waals surface area contributed by atoms with E-state index in [4.69, 9.17) is 0 Å². The Balaban J connectivity index is 2.81. The monoisotopic (exact) mass is 277 g/mol. The molecule has 0 spiro atoms. The van der Waals surface area contributed by atoms with Crippen LogP contribution in [0.5, 0.6) is 0 Å². The zero-order valence-corrected chi connectivity index (χ0v) is 11.9. The highest BCUT2D eigenvalue weighted by molar-refractivity contribution is 9.09. The van der Waals surface area contributed by atoms with Crippen LogP contribution >= 0.6 is 15.9 Å². The molecule has 0 fully saturated rings. The molecule has 0 amide bonds. The Morgan fingerprint density at radius 3 is 1.80 bits per heavy atom. The molecule has 0 saturated heterocycles. The van der Waals surface area contributed by atoms with Gasteiger partial charge in [-0.15, -0.1) is 0 Å². The van der Waals surface area contributed by atoms with E-state index in [0.29, 0.717) is 0 Å². The fourth-order valence-electron chi connectivity index (χ4n) is 1.68. The van der Waals surface area contributed by atoms with Crippen LogP contribution in [0.1, 0.15) is 64.7 Å². The molecule has 1 nitrogen and oxygen atoms in total. The molecular formula is C13H28BrN. The highest BCUT2D eigenvalue weighted by Gasteiger charge is 1.91. The molecule has 0 aliphatic heterocycles. The minimum absolute atomic E-state index is 1.16. The summed E-state index contributed by atoms with van der Waals surface area (Å²) in [6, 6.07) is 0. The largest absolute Gasteiger partial charge is 0.317 e. The second kappa shape index (κ2) is 14.4. The second-order valence-corrected chi connectivity index (χ2v) is 5.06. The van der Waals surface area contributed by atoms with E-state index in [0.717, 1.165) is 5.33 Å². The normalized spacial score (nSPS) is 10.8. The maximum absolute atomic E-state index is 3.53. The van der Waals surface area contributed by atoms with Gasteiger partial charge in [0.25, 0.3) is 0 Å². The molecule has 92 valence electrons. The third kappa shape index (κ3) is 14.4. The summed E-state index contributed by atoms with van der Waals surface area (Å²) >= 11 is 3.46. The molecule has 2 heteroatoms. The maximum Gasteiger partial charge on any atom is 0.00313 e. The van der Waals surface area contributed by atoms with Gasteiger partial charge in [0.15, 0.2) is 0 Å². The smallest absolute Gasteiger partial charge is 0.00313 e. The molecule has 0 aromatic carbocycles. The van der Waals surface area contributed by atoms with Crippen molar-refractivity contribution < 1.29 is 0 Å². The van der Waals surface area contributed by atoms with Gasteiger partial charge >= 0.3 is 0 Å². The lowest BCUT2D eigenvalue weighted by atomic mass is 10.1. The fourth-order valence-corrected chi connectivity index (χ4v) is 2.07. The minimum atomic E-state index is 1.16. The van der Waals surface area contributed by atoms with Crippen LogP contribution in [0.25, 0.3) is 0 Å². The van der Waals surface area contributed by atoms with Crippen molar-refractivity contribution in [3.63, 3.8) is 0 Å². The molecule has 0 aromatic heterocycles. The summed E-state index contributed by atoms with van der Waals surface area (Å²) in [7, 11) is 0. The van der Waals surface area contributed by atoms with Gasteiger partial charge in [-0.25, -0.2) is 0 Å². The Morgan fingerprint density at radius 2 is 1.27 bits per heavy atom. The molecule has 1 N–H and O–H groups in total. The van der Waals surface area contributed by atoms with Gasteiger partial charge in [-0.1, -0.05) is 61.4 Å². The average molecular weight is 278 g/mol. The van der Waals surface area contributed by atoms with Crippen LogP contribution in [-0.2, 0) is 0 Å². The molecule has 0 aliphatic carbocycles. The van der Waals surface area contributed by atoms with Crippen LogP contribution in [0.3, 0.4) is 0 Å². The van der Waals surface area contributed by atoms with Gasteiger partial charge in [-0.05, 0) is 32.4 Å². The van der Waals surface area contributed by atoms with Crippen LogP contribution in [0, 0.1) is 0 Å². The summed E-state index contributed by atoms with van der Waals surface area (Å²) in [6.07, 6.45) is 12.4. The van der Waals surface area contributed by atoms with Crippen molar-refractivity contribution >= 4 is 15.9 Å². The minimum Gasteiger partial charge on any atom is -0.317 e. The molecule has 0 radical (unpaired) electrons. The van der Waals surface area contributed by atoms with Gasteiger partial charge in [0, 0.05) is 5.33 Å². The molecule has 0 unspecified atom stereocenters. The van der Waals surface area contributed by atoms with E-state index in [-0.39, 0.29) is 0 Å². The van der Waals surface area contributed by atoms with E-state index in [1.807, 2.05) is 0 Å². The number of hydrogen-bond acceptors (Lipinski definition) is 1. The topological polar surface area (TPSA) is 12.0 Å². The zero-order chi connectivity index (χ0) is 11.2. The molecule has 0 atom stereocenters. The zero-order valence-electron chi connectivity index (χ0n) is 10.4. The molecule has 0 bridgehead atoms. The number of halogens is 1. The van der Waals surface area contributed by atoms with Gasteiger partial charge in [-0.3, -0.25) is 0 Å². The summed E-state index contributed by atoms with van der Waals surface area (Å²) in [4.78, 5) is 0. The van der Waals surface area contributed by atoms with Gasteiger partial charge in [0.1, 0.15) is 0 Å². The summed E-state index contributed by atoms with van der Waals surface area (Å²) in [5.74, 6) is 0. The van der Waals surface area contributed by atoms with E-state index in [1.54, 1.807) is 0 Å². The Hall–Kier alpha value is 0.440. The SMILES string of the molecule is CCCCCCCNCCCCCCBr. The molecule has 0 rings (SSSR count). The van der Waals surface area contributed by atoms with Crippen molar-refractivity contribution in [1.82, 2.24) is 5.32 Å². The van der Waals surface area contributed by atoms with Crippen LogP contribution in [-0.4, -0.2) is 18.4 Å². The molecule has 0 heterocycles. The first kappa shape index (κ1) is 15.4. The molecule has 0 aromatic rings. The van der Waals surface area contributed by atoms with Crippen LogP contribution in [0.4, 0.5) is 0 Å². The van der Waals surface area contributed by atoms with Crippen molar-refractivity contribution in [2.45, 2.75) is 64.7 Å². The number of unbranched alkanes of at least 4 members (excludes halogenated alkanes) is 7. The van der Waals surface area contributed by atoms with Crippen molar-refractivity contribution in [1.29, 1.82) is 0 Å². The van der Waals surface area contributed by atoms with Gasteiger partial charge < -0.3 is 5.32 Å². The predicted molar refractivity (Wildman–Crippen MR) is 73.9 cm³/mol. The average Bonchev–Trinajstić information content (AvgIpc) is 2.26. The molecule has 0 aliphatic rings. The Bertz CT molecular complexity index is 94.7. The third-order valence-electron chi connectivity index (χ3n) is 2.69. The van der Waals surface area contributed by atoms with Gasteiger partial charge in [-0.2, -0.15) is 0 Å². The summed E-state index contributed by atoms with van der Waals surface area (Å²) < 4.78 is 0. The molecule has 0 saturated carbocycles. The number of hydrogen-bond donors (Lipinski definition) is 1. The predicted octanol–water partition coefficient (Wildman–Crippen LogP) is 4.50. The van der Waals surface area contributed by atoms with Crippen LogP contribution in [0.15, 0.2) is 0 Å². The van der Waals surface area contributed by atoms with E-state index >= 15 is 0 Å². The van der Waals surface area contributed by atoms with E-state index < -0.39 is 0 Å². The standard InChI is InChI=1S/C13H28BrN/c1-2-3-4-6-9-12-15-13-10-7-5-8-11-14/h15H,2-13H2,1H3. The Labute approximate surface area is 105 Å². The maximum atomic E-state index is 3.53. The van der Waals surface area contributed by atoms with E-state index in [9.17, 15) is 0 Å². The van der Waals surface area contributed by atoms with Gasteiger partial charge in [0.2, 0.25) is 0 Å². The summed E-state index contributed by atoms with van der Waals surface area (Å²) in [5, 5.41) is 4.69. The highest BCUT2D eigenvalue weighted by atomic mass is 79.9. The fraction of sp³-hybridized carbons (Fsp3) is 1.00. The highest BCUT2D eigenvalue weighted by Crippen LogP contribution is 2.02. The summed E-state index contributed by atoms with van der Waals surface area (Å²) in [5.41, 5.74) is 0. The first-order valence-corrected chi connectivity index (χ1v) is 7.80. The first-order chi connectivity index (χ1) is 7.41. The number of alkyl halides is 1. The van der Waals surface area contributed by atoms with Gasteiger partial charge in [0.05, 0.1) is 0 Å². The lowest BCUT2D eigenvalue weighted by molar-refractivity contribution is 0.558. The summed E-state index contributed by atoms with van der Waals surface area (Å²) in [6.45, 7) is 4.71. The van der Waals surface area contributed by atoms with Crippen molar-refractivity contribution in [2.75, 3.05) is 18.4 Å².